The highest BCUT2D eigenvalue weighted by atomic mass is 19.1. The summed E-state index contributed by atoms with van der Waals surface area (Å²) in [6.45, 7) is 0. The van der Waals surface area contributed by atoms with Gasteiger partial charge in [-0.15, -0.1) is 0 Å². The number of hydrogen-bond donors (Lipinski definition) is 1. The average Bonchev–Trinajstić information content (AvgIpc) is 2.92. The van der Waals surface area contributed by atoms with Gasteiger partial charge in [0.15, 0.2) is 5.82 Å². The molecule has 1 heterocycles. The van der Waals surface area contributed by atoms with E-state index in [-0.39, 0.29) is 18.1 Å². The van der Waals surface area contributed by atoms with Crippen molar-refractivity contribution in [2.24, 2.45) is 0 Å². The molecule has 2 aromatic carbocycles. The SMILES string of the molecule is Nc1ccc(F)cc1-c1nc(Cc2ccccc2F)no1. The standard InChI is InChI=1S/C15H11F2N3O/c16-10-5-6-13(18)11(8-10)15-19-14(20-21-15)7-9-3-1-2-4-12(9)17/h1-6,8H,7,18H2. The van der Waals surface area contributed by atoms with Gasteiger partial charge in [0, 0.05) is 12.1 Å². The summed E-state index contributed by atoms with van der Waals surface area (Å²) in [5.41, 5.74) is 6.86. The Kier molecular flexibility index (Phi) is 3.35. The molecule has 0 atom stereocenters. The molecule has 3 aromatic rings. The van der Waals surface area contributed by atoms with Crippen LogP contribution in [0.25, 0.3) is 11.5 Å². The van der Waals surface area contributed by atoms with Crippen molar-refractivity contribution in [1.29, 1.82) is 0 Å². The van der Waals surface area contributed by atoms with Crippen molar-refractivity contribution in [2.45, 2.75) is 6.42 Å². The molecule has 21 heavy (non-hydrogen) atoms. The van der Waals surface area contributed by atoms with Gasteiger partial charge in [0.1, 0.15) is 11.6 Å². The smallest absolute Gasteiger partial charge is 0.260 e. The maximum atomic E-state index is 13.6. The summed E-state index contributed by atoms with van der Waals surface area (Å²) in [6, 6.07) is 10.2. The fourth-order valence-corrected chi connectivity index (χ4v) is 1.96. The minimum absolute atomic E-state index is 0.110. The maximum Gasteiger partial charge on any atom is 0.260 e. The van der Waals surface area contributed by atoms with Crippen molar-refractivity contribution >= 4 is 5.69 Å². The van der Waals surface area contributed by atoms with Gasteiger partial charge in [0.05, 0.1) is 5.56 Å². The molecule has 0 aliphatic rings. The molecule has 0 aliphatic carbocycles. The monoisotopic (exact) mass is 287 g/mol. The Balaban J connectivity index is 1.90. The topological polar surface area (TPSA) is 64.9 Å². The predicted molar refractivity (Wildman–Crippen MR) is 73.3 cm³/mol. The second-order valence-electron chi connectivity index (χ2n) is 4.52. The Morgan fingerprint density at radius 1 is 1.10 bits per heavy atom. The molecule has 0 bridgehead atoms. The third-order valence-corrected chi connectivity index (χ3v) is 3.02. The fourth-order valence-electron chi connectivity index (χ4n) is 1.96. The van der Waals surface area contributed by atoms with Gasteiger partial charge in [-0.2, -0.15) is 4.98 Å². The summed E-state index contributed by atoms with van der Waals surface area (Å²) in [7, 11) is 0. The van der Waals surface area contributed by atoms with E-state index < -0.39 is 5.82 Å². The van der Waals surface area contributed by atoms with Gasteiger partial charge < -0.3 is 10.3 Å². The van der Waals surface area contributed by atoms with E-state index >= 15 is 0 Å². The van der Waals surface area contributed by atoms with E-state index in [1.807, 2.05) is 0 Å². The zero-order valence-electron chi connectivity index (χ0n) is 10.9. The number of hydrogen-bond acceptors (Lipinski definition) is 4. The minimum atomic E-state index is -0.451. The lowest BCUT2D eigenvalue weighted by molar-refractivity contribution is 0.423. The van der Waals surface area contributed by atoms with Gasteiger partial charge in [-0.05, 0) is 29.8 Å². The number of nitrogens with zero attached hydrogens (tertiary/aromatic N) is 2. The molecule has 0 saturated heterocycles. The van der Waals surface area contributed by atoms with E-state index in [1.165, 1.54) is 24.3 Å². The van der Waals surface area contributed by atoms with Crippen LogP contribution >= 0.6 is 0 Å². The van der Waals surface area contributed by atoms with Crippen molar-refractivity contribution < 1.29 is 13.3 Å². The number of nitrogen functional groups attached to an aromatic ring is 1. The summed E-state index contributed by atoms with van der Waals surface area (Å²) in [5, 5.41) is 3.77. The number of anilines is 1. The van der Waals surface area contributed by atoms with E-state index in [9.17, 15) is 8.78 Å². The molecular weight excluding hydrogens is 276 g/mol. The molecule has 0 fully saturated rings. The summed E-state index contributed by atoms with van der Waals surface area (Å²) in [5.74, 6) is -0.376. The van der Waals surface area contributed by atoms with E-state index in [0.717, 1.165) is 0 Å². The van der Waals surface area contributed by atoms with Crippen LogP contribution in [-0.2, 0) is 6.42 Å². The molecule has 6 heteroatoms. The van der Waals surface area contributed by atoms with Crippen molar-refractivity contribution in [3.8, 4) is 11.5 Å². The van der Waals surface area contributed by atoms with Crippen LogP contribution in [0.2, 0.25) is 0 Å². The zero-order chi connectivity index (χ0) is 14.8. The van der Waals surface area contributed by atoms with E-state index in [2.05, 4.69) is 10.1 Å². The van der Waals surface area contributed by atoms with Crippen LogP contribution in [0.1, 0.15) is 11.4 Å². The summed E-state index contributed by atoms with van der Waals surface area (Å²) >= 11 is 0. The minimum Gasteiger partial charge on any atom is -0.398 e. The van der Waals surface area contributed by atoms with Crippen molar-refractivity contribution in [3.63, 3.8) is 0 Å². The molecule has 0 amide bonds. The molecule has 1 aromatic heterocycles. The largest absolute Gasteiger partial charge is 0.398 e. The van der Waals surface area contributed by atoms with Gasteiger partial charge >= 0.3 is 0 Å². The Hall–Kier alpha value is -2.76. The molecule has 106 valence electrons. The zero-order valence-corrected chi connectivity index (χ0v) is 10.9. The van der Waals surface area contributed by atoms with Crippen molar-refractivity contribution in [1.82, 2.24) is 10.1 Å². The van der Waals surface area contributed by atoms with Crippen LogP contribution in [0, 0.1) is 11.6 Å². The van der Waals surface area contributed by atoms with Gasteiger partial charge in [0.2, 0.25) is 0 Å². The molecular formula is C15H11F2N3O. The quantitative estimate of drug-likeness (QED) is 0.751. The third kappa shape index (κ3) is 2.74. The Morgan fingerprint density at radius 3 is 2.71 bits per heavy atom. The highest BCUT2D eigenvalue weighted by molar-refractivity contribution is 5.70. The average molecular weight is 287 g/mol. The number of halogens is 2. The lowest BCUT2D eigenvalue weighted by atomic mass is 10.1. The van der Waals surface area contributed by atoms with Crippen LogP contribution in [0.5, 0.6) is 0 Å². The molecule has 0 aliphatic heterocycles. The van der Waals surface area contributed by atoms with Crippen LogP contribution in [-0.4, -0.2) is 10.1 Å². The molecule has 0 saturated carbocycles. The maximum absolute atomic E-state index is 13.6. The first-order valence-corrected chi connectivity index (χ1v) is 6.25. The predicted octanol–water partition coefficient (Wildman–Crippen LogP) is 3.19. The van der Waals surface area contributed by atoms with E-state index in [4.69, 9.17) is 10.3 Å². The number of aromatic nitrogens is 2. The van der Waals surface area contributed by atoms with Gasteiger partial charge in [-0.1, -0.05) is 23.4 Å². The van der Waals surface area contributed by atoms with Crippen LogP contribution < -0.4 is 5.73 Å². The molecule has 0 spiro atoms. The van der Waals surface area contributed by atoms with E-state index in [1.54, 1.807) is 18.2 Å². The Bertz CT molecular complexity index is 786. The normalized spacial score (nSPS) is 10.8. The first-order chi connectivity index (χ1) is 10.1. The summed E-state index contributed by atoms with van der Waals surface area (Å²) in [6.07, 6.45) is 0.186. The highest BCUT2D eigenvalue weighted by Gasteiger charge is 2.14. The molecule has 2 N–H and O–H groups in total. The molecule has 3 rings (SSSR count). The third-order valence-electron chi connectivity index (χ3n) is 3.02. The fraction of sp³-hybridized carbons (Fsp3) is 0.0667. The van der Waals surface area contributed by atoms with E-state index in [0.29, 0.717) is 22.6 Å². The van der Waals surface area contributed by atoms with Crippen molar-refractivity contribution in [2.75, 3.05) is 5.73 Å². The molecule has 0 unspecified atom stereocenters. The Labute approximate surface area is 119 Å². The first kappa shape index (κ1) is 13.2. The first-order valence-electron chi connectivity index (χ1n) is 6.25. The lowest BCUT2D eigenvalue weighted by Gasteiger charge is -2.00. The number of nitrogens with two attached hydrogens (primary N) is 1. The summed E-state index contributed by atoms with van der Waals surface area (Å²) < 4.78 is 31.9. The second-order valence-corrected chi connectivity index (χ2v) is 4.52. The number of rotatable bonds is 3. The highest BCUT2D eigenvalue weighted by Crippen LogP contribution is 2.25. The van der Waals surface area contributed by atoms with Crippen molar-refractivity contribution in [3.05, 3.63) is 65.5 Å². The second kappa shape index (κ2) is 5.32. The van der Waals surface area contributed by atoms with Gasteiger partial charge in [-0.3, -0.25) is 0 Å². The van der Waals surface area contributed by atoms with Crippen LogP contribution in [0.4, 0.5) is 14.5 Å². The van der Waals surface area contributed by atoms with Gasteiger partial charge in [0.25, 0.3) is 5.89 Å². The van der Waals surface area contributed by atoms with Gasteiger partial charge in [-0.25, -0.2) is 8.78 Å². The Morgan fingerprint density at radius 2 is 1.90 bits per heavy atom. The molecule has 0 radical (unpaired) electrons. The molecule has 4 nitrogen and oxygen atoms in total. The lowest BCUT2D eigenvalue weighted by Crippen LogP contribution is -1.95. The van der Waals surface area contributed by atoms with Crippen LogP contribution in [0.3, 0.4) is 0 Å². The number of benzene rings is 2. The van der Waals surface area contributed by atoms with Crippen LogP contribution in [0.15, 0.2) is 47.0 Å². The summed E-state index contributed by atoms with van der Waals surface area (Å²) in [4.78, 5) is 4.13.